The third-order valence-electron chi connectivity index (χ3n) is 3.54. The standard InChI is InChI=1S/C16H26N4O/c1-3-8-18-16(17-2)19-13-14-4-6-15(7-5-14)20-9-11-21-12-10-20/h4-7H,3,8-13H2,1-2H3,(H2,17,18,19). The van der Waals surface area contributed by atoms with E-state index in [2.05, 4.69) is 51.7 Å². The number of benzene rings is 1. The fourth-order valence-corrected chi connectivity index (χ4v) is 2.30. The number of rotatable bonds is 5. The number of nitrogens with one attached hydrogen (secondary N) is 2. The Labute approximate surface area is 127 Å². The van der Waals surface area contributed by atoms with E-state index in [9.17, 15) is 0 Å². The van der Waals surface area contributed by atoms with Crippen LogP contribution in [0, 0.1) is 0 Å². The maximum atomic E-state index is 5.38. The SMILES string of the molecule is CCCNC(=NC)NCc1ccc(N2CCOCC2)cc1. The Bertz CT molecular complexity index is 438. The van der Waals surface area contributed by atoms with E-state index in [0.717, 1.165) is 51.8 Å². The first kappa shape index (κ1) is 15.6. The molecule has 0 unspecified atom stereocenters. The van der Waals surface area contributed by atoms with Gasteiger partial charge in [0.25, 0.3) is 0 Å². The van der Waals surface area contributed by atoms with Crippen LogP contribution >= 0.6 is 0 Å². The van der Waals surface area contributed by atoms with E-state index in [1.165, 1.54) is 11.3 Å². The number of anilines is 1. The maximum absolute atomic E-state index is 5.38. The van der Waals surface area contributed by atoms with Crippen molar-refractivity contribution in [3.8, 4) is 0 Å². The number of hydrogen-bond acceptors (Lipinski definition) is 3. The summed E-state index contributed by atoms with van der Waals surface area (Å²) in [6, 6.07) is 8.71. The summed E-state index contributed by atoms with van der Waals surface area (Å²) in [4.78, 5) is 6.57. The minimum atomic E-state index is 0.785. The van der Waals surface area contributed by atoms with Gasteiger partial charge in [-0.15, -0.1) is 0 Å². The zero-order chi connectivity index (χ0) is 14.9. The van der Waals surface area contributed by atoms with Crippen LogP contribution < -0.4 is 15.5 Å². The second-order valence-corrected chi connectivity index (χ2v) is 5.12. The molecule has 2 N–H and O–H groups in total. The highest BCUT2D eigenvalue weighted by Crippen LogP contribution is 2.16. The molecule has 2 rings (SSSR count). The highest BCUT2D eigenvalue weighted by molar-refractivity contribution is 5.79. The summed E-state index contributed by atoms with van der Waals surface area (Å²) in [6.45, 7) is 7.47. The Kier molecular flexibility index (Phi) is 6.34. The number of aliphatic imine (C=N–C) groups is 1. The molecule has 5 nitrogen and oxygen atoms in total. The second-order valence-electron chi connectivity index (χ2n) is 5.12. The molecule has 116 valence electrons. The third-order valence-corrected chi connectivity index (χ3v) is 3.54. The van der Waals surface area contributed by atoms with Gasteiger partial charge in [0.2, 0.25) is 0 Å². The summed E-state index contributed by atoms with van der Waals surface area (Å²) in [5.74, 6) is 0.856. The lowest BCUT2D eigenvalue weighted by Gasteiger charge is -2.28. The quantitative estimate of drug-likeness (QED) is 0.639. The smallest absolute Gasteiger partial charge is 0.191 e. The van der Waals surface area contributed by atoms with Crippen LogP contribution in [0.15, 0.2) is 29.3 Å². The highest BCUT2D eigenvalue weighted by Gasteiger charge is 2.10. The van der Waals surface area contributed by atoms with Crippen LogP contribution in [0.3, 0.4) is 0 Å². The fraction of sp³-hybridized carbons (Fsp3) is 0.562. The first-order valence-electron chi connectivity index (χ1n) is 7.69. The second kappa shape index (κ2) is 8.52. The average Bonchev–Trinajstić information content (AvgIpc) is 2.56. The van der Waals surface area contributed by atoms with Crippen LogP contribution in [-0.4, -0.2) is 45.9 Å². The fourth-order valence-electron chi connectivity index (χ4n) is 2.30. The number of ether oxygens (including phenoxy) is 1. The van der Waals surface area contributed by atoms with Crippen molar-refractivity contribution in [1.82, 2.24) is 10.6 Å². The third kappa shape index (κ3) is 4.93. The highest BCUT2D eigenvalue weighted by atomic mass is 16.5. The molecule has 0 amide bonds. The van der Waals surface area contributed by atoms with Crippen molar-refractivity contribution >= 4 is 11.6 Å². The van der Waals surface area contributed by atoms with Crippen LogP contribution in [0.25, 0.3) is 0 Å². The molecule has 0 saturated carbocycles. The lowest BCUT2D eigenvalue weighted by molar-refractivity contribution is 0.122. The van der Waals surface area contributed by atoms with E-state index >= 15 is 0 Å². The molecule has 0 spiro atoms. The zero-order valence-electron chi connectivity index (χ0n) is 13.1. The monoisotopic (exact) mass is 290 g/mol. The Morgan fingerprint density at radius 3 is 2.52 bits per heavy atom. The van der Waals surface area contributed by atoms with Crippen molar-refractivity contribution in [2.24, 2.45) is 4.99 Å². The average molecular weight is 290 g/mol. The van der Waals surface area contributed by atoms with E-state index < -0.39 is 0 Å². The number of guanidine groups is 1. The van der Waals surface area contributed by atoms with Gasteiger partial charge in [0, 0.05) is 38.9 Å². The summed E-state index contributed by atoms with van der Waals surface area (Å²) in [7, 11) is 1.80. The van der Waals surface area contributed by atoms with Gasteiger partial charge in [-0.2, -0.15) is 0 Å². The van der Waals surface area contributed by atoms with Crippen molar-refractivity contribution in [2.75, 3.05) is 44.8 Å². The van der Waals surface area contributed by atoms with Crippen LogP contribution in [0.4, 0.5) is 5.69 Å². The molecule has 1 fully saturated rings. The summed E-state index contributed by atoms with van der Waals surface area (Å²) < 4.78 is 5.38. The molecule has 21 heavy (non-hydrogen) atoms. The molecule has 0 aliphatic carbocycles. The number of nitrogens with zero attached hydrogens (tertiary/aromatic N) is 2. The lowest BCUT2D eigenvalue weighted by Crippen LogP contribution is -2.37. The normalized spacial score (nSPS) is 15.9. The van der Waals surface area contributed by atoms with Crippen molar-refractivity contribution in [3.63, 3.8) is 0 Å². The molecule has 1 heterocycles. The van der Waals surface area contributed by atoms with Gasteiger partial charge in [0.15, 0.2) is 5.96 Å². The Morgan fingerprint density at radius 1 is 1.19 bits per heavy atom. The zero-order valence-corrected chi connectivity index (χ0v) is 13.1. The number of morpholine rings is 1. The number of hydrogen-bond donors (Lipinski definition) is 2. The van der Waals surface area contributed by atoms with Crippen molar-refractivity contribution in [3.05, 3.63) is 29.8 Å². The van der Waals surface area contributed by atoms with Crippen molar-refractivity contribution in [2.45, 2.75) is 19.9 Å². The molecule has 0 aromatic heterocycles. The van der Waals surface area contributed by atoms with Gasteiger partial charge >= 0.3 is 0 Å². The van der Waals surface area contributed by atoms with Gasteiger partial charge in [0.1, 0.15) is 0 Å². The van der Waals surface area contributed by atoms with Gasteiger partial charge in [-0.3, -0.25) is 4.99 Å². The molecule has 1 aliphatic rings. The van der Waals surface area contributed by atoms with E-state index in [0.29, 0.717) is 0 Å². The summed E-state index contributed by atoms with van der Waals surface area (Å²) in [6.07, 6.45) is 1.09. The molecule has 5 heteroatoms. The molecule has 1 aliphatic heterocycles. The minimum absolute atomic E-state index is 0.785. The first-order chi connectivity index (χ1) is 10.3. The van der Waals surface area contributed by atoms with E-state index in [-0.39, 0.29) is 0 Å². The van der Waals surface area contributed by atoms with E-state index in [1.807, 2.05) is 0 Å². The maximum Gasteiger partial charge on any atom is 0.191 e. The predicted octanol–water partition coefficient (Wildman–Crippen LogP) is 1.60. The van der Waals surface area contributed by atoms with Crippen LogP contribution in [0.5, 0.6) is 0 Å². The molecular weight excluding hydrogens is 264 g/mol. The van der Waals surface area contributed by atoms with E-state index in [1.54, 1.807) is 7.05 Å². The lowest BCUT2D eigenvalue weighted by atomic mass is 10.2. The Hall–Kier alpha value is -1.75. The Balaban J connectivity index is 1.84. The van der Waals surface area contributed by atoms with Gasteiger partial charge in [0.05, 0.1) is 13.2 Å². The van der Waals surface area contributed by atoms with Crippen LogP contribution in [0.1, 0.15) is 18.9 Å². The molecule has 0 bridgehead atoms. The van der Waals surface area contributed by atoms with E-state index in [4.69, 9.17) is 4.74 Å². The molecule has 1 aromatic rings. The largest absolute Gasteiger partial charge is 0.378 e. The van der Waals surface area contributed by atoms with Crippen molar-refractivity contribution < 1.29 is 4.74 Å². The molecular formula is C16H26N4O. The minimum Gasteiger partial charge on any atom is -0.378 e. The van der Waals surface area contributed by atoms with Gasteiger partial charge in [-0.25, -0.2) is 0 Å². The van der Waals surface area contributed by atoms with Gasteiger partial charge in [-0.1, -0.05) is 19.1 Å². The Morgan fingerprint density at radius 2 is 1.90 bits per heavy atom. The van der Waals surface area contributed by atoms with Crippen molar-refractivity contribution in [1.29, 1.82) is 0 Å². The molecule has 0 radical (unpaired) electrons. The topological polar surface area (TPSA) is 48.9 Å². The van der Waals surface area contributed by atoms with Gasteiger partial charge < -0.3 is 20.3 Å². The molecule has 0 atom stereocenters. The van der Waals surface area contributed by atoms with Gasteiger partial charge in [-0.05, 0) is 24.1 Å². The summed E-state index contributed by atoms with van der Waals surface area (Å²) >= 11 is 0. The van der Waals surface area contributed by atoms with Crippen LogP contribution in [-0.2, 0) is 11.3 Å². The molecule has 1 aromatic carbocycles. The molecule has 1 saturated heterocycles. The summed E-state index contributed by atoms with van der Waals surface area (Å²) in [5.41, 5.74) is 2.53. The predicted molar refractivity (Wildman–Crippen MR) is 88.0 cm³/mol. The summed E-state index contributed by atoms with van der Waals surface area (Å²) in [5, 5.41) is 6.59. The van der Waals surface area contributed by atoms with Crippen LogP contribution in [0.2, 0.25) is 0 Å². The first-order valence-corrected chi connectivity index (χ1v) is 7.69.